The van der Waals surface area contributed by atoms with Gasteiger partial charge in [0, 0.05) is 13.1 Å². The molecule has 0 bridgehead atoms. The van der Waals surface area contributed by atoms with Gasteiger partial charge in [-0.3, -0.25) is 0 Å². The Morgan fingerprint density at radius 2 is 1.65 bits per heavy atom. The SMILES string of the molecule is Nc1nc(N2CCCCCC2)ncc1S(=O)(=O)c1ccccc1. The maximum Gasteiger partial charge on any atom is 0.227 e. The smallest absolute Gasteiger partial charge is 0.227 e. The summed E-state index contributed by atoms with van der Waals surface area (Å²) in [7, 11) is -3.69. The summed E-state index contributed by atoms with van der Waals surface area (Å²) in [6, 6.07) is 8.20. The number of aromatic nitrogens is 2. The maximum absolute atomic E-state index is 12.6. The van der Waals surface area contributed by atoms with E-state index in [0.717, 1.165) is 25.9 Å². The third kappa shape index (κ3) is 3.29. The van der Waals surface area contributed by atoms with E-state index < -0.39 is 9.84 Å². The van der Waals surface area contributed by atoms with Crippen LogP contribution < -0.4 is 10.6 Å². The molecule has 1 aromatic heterocycles. The second-order valence-electron chi connectivity index (χ2n) is 5.64. The molecule has 1 aliphatic heterocycles. The molecule has 0 aliphatic carbocycles. The fourth-order valence-corrected chi connectivity index (χ4v) is 4.01. The van der Waals surface area contributed by atoms with Gasteiger partial charge in [-0.05, 0) is 25.0 Å². The van der Waals surface area contributed by atoms with Crippen LogP contribution in [0.3, 0.4) is 0 Å². The Morgan fingerprint density at radius 1 is 1.00 bits per heavy atom. The number of nitrogens with two attached hydrogens (primary N) is 1. The van der Waals surface area contributed by atoms with Gasteiger partial charge in [0.05, 0.1) is 11.1 Å². The van der Waals surface area contributed by atoms with E-state index in [9.17, 15) is 8.42 Å². The molecule has 0 amide bonds. The van der Waals surface area contributed by atoms with Gasteiger partial charge in [-0.15, -0.1) is 0 Å². The van der Waals surface area contributed by atoms with Crippen molar-refractivity contribution in [2.45, 2.75) is 35.5 Å². The first kappa shape index (κ1) is 15.7. The summed E-state index contributed by atoms with van der Waals surface area (Å²) in [5, 5.41) is 0. The molecule has 0 spiro atoms. The highest BCUT2D eigenvalue weighted by Gasteiger charge is 2.23. The van der Waals surface area contributed by atoms with Crippen LogP contribution in [0.2, 0.25) is 0 Å². The van der Waals surface area contributed by atoms with Gasteiger partial charge in [-0.1, -0.05) is 31.0 Å². The summed E-state index contributed by atoms with van der Waals surface area (Å²) in [5.41, 5.74) is 5.93. The minimum atomic E-state index is -3.69. The van der Waals surface area contributed by atoms with Crippen molar-refractivity contribution in [3.63, 3.8) is 0 Å². The van der Waals surface area contributed by atoms with Gasteiger partial charge in [0.2, 0.25) is 15.8 Å². The van der Waals surface area contributed by atoms with Crippen LogP contribution in [0.4, 0.5) is 11.8 Å². The van der Waals surface area contributed by atoms with Crippen molar-refractivity contribution < 1.29 is 8.42 Å². The number of anilines is 2. The zero-order chi connectivity index (χ0) is 16.3. The number of hydrogen-bond acceptors (Lipinski definition) is 6. The topological polar surface area (TPSA) is 89.2 Å². The second kappa shape index (κ2) is 6.54. The van der Waals surface area contributed by atoms with E-state index in [1.54, 1.807) is 18.2 Å². The molecule has 3 rings (SSSR count). The van der Waals surface area contributed by atoms with Gasteiger partial charge in [-0.2, -0.15) is 4.98 Å². The largest absolute Gasteiger partial charge is 0.382 e. The summed E-state index contributed by atoms with van der Waals surface area (Å²) in [5.74, 6) is 0.513. The summed E-state index contributed by atoms with van der Waals surface area (Å²) in [6.07, 6.45) is 5.91. The number of sulfone groups is 1. The van der Waals surface area contributed by atoms with Gasteiger partial charge in [0.25, 0.3) is 0 Å². The highest BCUT2D eigenvalue weighted by molar-refractivity contribution is 7.91. The fraction of sp³-hybridized carbons (Fsp3) is 0.375. The zero-order valence-electron chi connectivity index (χ0n) is 12.9. The van der Waals surface area contributed by atoms with E-state index in [4.69, 9.17) is 5.73 Å². The third-order valence-electron chi connectivity index (χ3n) is 4.00. The lowest BCUT2D eigenvalue weighted by molar-refractivity contribution is 0.595. The van der Waals surface area contributed by atoms with Crippen molar-refractivity contribution in [2.24, 2.45) is 0 Å². The van der Waals surface area contributed by atoms with Crippen LogP contribution in [0.5, 0.6) is 0 Å². The predicted octanol–water partition coefficient (Wildman–Crippen LogP) is 2.27. The van der Waals surface area contributed by atoms with E-state index in [0.29, 0.717) is 5.95 Å². The Kier molecular flexibility index (Phi) is 4.47. The normalized spacial score (nSPS) is 16.1. The van der Waals surface area contributed by atoms with E-state index in [1.807, 2.05) is 0 Å². The van der Waals surface area contributed by atoms with Crippen LogP contribution in [0.1, 0.15) is 25.7 Å². The first-order chi connectivity index (χ1) is 11.1. The standard InChI is InChI=1S/C16H20N4O2S/c17-15-14(23(21,22)13-8-4-3-5-9-13)12-18-16(19-15)20-10-6-1-2-7-11-20/h3-5,8-9,12H,1-2,6-7,10-11H2,(H2,17,18,19). The summed E-state index contributed by atoms with van der Waals surface area (Å²) in [4.78, 5) is 10.7. The number of nitrogens with zero attached hydrogens (tertiary/aromatic N) is 3. The molecule has 1 saturated heterocycles. The van der Waals surface area contributed by atoms with Crippen molar-refractivity contribution >= 4 is 21.6 Å². The molecule has 2 aromatic rings. The minimum Gasteiger partial charge on any atom is -0.382 e. The quantitative estimate of drug-likeness (QED) is 0.927. The molecule has 0 radical (unpaired) electrons. The van der Waals surface area contributed by atoms with Crippen LogP contribution in [-0.2, 0) is 9.84 Å². The van der Waals surface area contributed by atoms with E-state index in [2.05, 4.69) is 14.9 Å². The second-order valence-corrected chi connectivity index (χ2v) is 7.56. The Labute approximate surface area is 136 Å². The number of hydrogen-bond donors (Lipinski definition) is 1. The Hall–Kier alpha value is -2.15. The molecule has 23 heavy (non-hydrogen) atoms. The van der Waals surface area contributed by atoms with Crippen LogP contribution in [-0.4, -0.2) is 31.5 Å². The van der Waals surface area contributed by atoms with Crippen molar-refractivity contribution in [1.82, 2.24) is 9.97 Å². The first-order valence-electron chi connectivity index (χ1n) is 7.76. The Bertz CT molecular complexity index is 770. The summed E-state index contributed by atoms with van der Waals surface area (Å²) < 4.78 is 25.2. The number of benzene rings is 1. The molecule has 6 nitrogen and oxygen atoms in total. The van der Waals surface area contributed by atoms with E-state index in [1.165, 1.54) is 31.2 Å². The van der Waals surface area contributed by atoms with Crippen molar-refractivity contribution in [3.05, 3.63) is 36.5 Å². The molecule has 0 atom stereocenters. The minimum absolute atomic E-state index is 0.00287. The lowest BCUT2D eigenvalue weighted by Gasteiger charge is -2.20. The van der Waals surface area contributed by atoms with Crippen molar-refractivity contribution in [2.75, 3.05) is 23.7 Å². The predicted molar refractivity (Wildman–Crippen MR) is 89.0 cm³/mol. The van der Waals surface area contributed by atoms with E-state index in [-0.39, 0.29) is 15.6 Å². The highest BCUT2D eigenvalue weighted by atomic mass is 32.2. The average molecular weight is 332 g/mol. The summed E-state index contributed by atoms with van der Waals surface area (Å²) in [6.45, 7) is 1.76. The molecule has 7 heteroatoms. The van der Waals surface area contributed by atoms with Gasteiger partial charge in [0.1, 0.15) is 10.7 Å². The van der Waals surface area contributed by atoms with Gasteiger partial charge in [-0.25, -0.2) is 13.4 Å². The lowest BCUT2D eigenvalue weighted by Crippen LogP contribution is -2.26. The van der Waals surface area contributed by atoms with Crippen LogP contribution in [0.25, 0.3) is 0 Å². The molecular formula is C16H20N4O2S. The molecule has 0 saturated carbocycles. The Morgan fingerprint density at radius 3 is 2.26 bits per heavy atom. The number of nitrogen functional groups attached to an aromatic ring is 1. The molecule has 1 aliphatic rings. The Balaban J connectivity index is 1.93. The van der Waals surface area contributed by atoms with Gasteiger partial charge in [0.15, 0.2) is 0 Å². The molecule has 1 fully saturated rings. The van der Waals surface area contributed by atoms with Crippen molar-refractivity contribution in [1.29, 1.82) is 0 Å². The fourth-order valence-electron chi connectivity index (χ4n) is 2.73. The molecule has 0 unspecified atom stereocenters. The first-order valence-corrected chi connectivity index (χ1v) is 9.25. The molecular weight excluding hydrogens is 312 g/mol. The van der Waals surface area contributed by atoms with Crippen molar-refractivity contribution in [3.8, 4) is 0 Å². The monoisotopic (exact) mass is 332 g/mol. The van der Waals surface area contributed by atoms with Crippen LogP contribution >= 0.6 is 0 Å². The highest BCUT2D eigenvalue weighted by Crippen LogP contribution is 2.26. The average Bonchev–Trinajstić information content (AvgIpc) is 2.84. The van der Waals surface area contributed by atoms with Gasteiger partial charge >= 0.3 is 0 Å². The third-order valence-corrected chi connectivity index (χ3v) is 5.79. The molecule has 122 valence electrons. The van der Waals surface area contributed by atoms with Crippen LogP contribution in [0.15, 0.2) is 46.3 Å². The number of rotatable bonds is 3. The van der Waals surface area contributed by atoms with E-state index >= 15 is 0 Å². The van der Waals surface area contributed by atoms with Crippen LogP contribution in [0, 0.1) is 0 Å². The maximum atomic E-state index is 12.6. The summed E-state index contributed by atoms with van der Waals surface area (Å²) >= 11 is 0. The lowest BCUT2D eigenvalue weighted by atomic mass is 10.2. The van der Waals surface area contributed by atoms with Gasteiger partial charge < -0.3 is 10.6 Å². The molecule has 2 heterocycles. The molecule has 2 N–H and O–H groups in total. The molecule has 1 aromatic carbocycles. The zero-order valence-corrected chi connectivity index (χ0v) is 13.7.